The van der Waals surface area contributed by atoms with Gasteiger partial charge in [-0.25, -0.2) is 9.37 Å². The van der Waals surface area contributed by atoms with Gasteiger partial charge < -0.3 is 10.1 Å². The van der Waals surface area contributed by atoms with Crippen molar-refractivity contribution in [1.29, 1.82) is 0 Å². The van der Waals surface area contributed by atoms with Gasteiger partial charge in [0, 0.05) is 18.3 Å². The van der Waals surface area contributed by atoms with Crippen molar-refractivity contribution < 1.29 is 13.9 Å². The minimum Gasteiger partial charge on any atom is -0.496 e. The molecule has 0 aliphatic carbocycles. The molecule has 146 valence electrons. The molecule has 0 fully saturated rings. The number of benzene rings is 2. The molecule has 4 rings (SSSR count). The lowest BCUT2D eigenvalue weighted by Gasteiger charge is -2.08. The van der Waals surface area contributed by atoms with Gasteiger partial charge in [0.2, 0.25) is 5.82 Å². The number of hydrogen-bond acceptors (Lipinski definition) is 3. The van der Waals surface area contributed by atoms with Gasteiger partial charge >= 0.3 is 0 Å². The second-order valence-electron chi connectivity index (χ2n) is 6.56. The predicted molar refractivity (Wildman–Crippen MR) is 110 cm³/mol. The summed E-state index contributed by atoms with van der Waals surface area (Å²) in [7, 11) is 1.63. The molecule has 4 aromatic rings. The van der Waals surface area contributed by atoms with E-state index in [9.17, 15) is 9.18 Å². The van der Waals surface area contributed by atoms with Gasteiger partial charge in [-0.2, -0.15) is 0 Å². The van der Waals surface area contributed by atoms with Crippen molar-refractivity contribution >= 4 is 11.4 Å². The van der Waals surface area contributed by atoms with E-state index in [1.165, 1.54) is 12.1 Å². The zero-order valence-electron chi connectivity index (χ0n) is 15.9. The van der Waals surface area contributed by atoms with E-state index in [0.717, 1.165) is 22.4 Å². The number of pyridine rings is 1. The summed E-state index contributed by atoms with van der Waals surface area (Å²) in [5.74, 6) is 0.507. The summed E-state index contributed by atoms with van der Waals surface area (Å²) in [6.07, 6.45) is 2.44. The fourth-order valence-corrected chi connectivity index (χ4v) is 3.32. The maximum atomic E-state index is 13.3. The number of amides is 1. The first kappa shape index (κ1) is 18.7. The van der Waals surface area contributed by atoms with E-state index < -0.39 is 0 Å². The van der Waals surface area contributed by atoms with Crippen LogP contribution in [0.15, 0.2) is 72.9 Å². The van der Waals surface area contributed by atoms with Crippen molar-refractivity contribution in [2.75, 3.05) is 13.7 Å². The van der Waals surface area contributed by atoms with E-state index >= 15 is 0 Å². The summed E-state index contributed by atoms with van der Waals surface area (Å²) in [5.41, 5.74) is 3.20. The van der Waals surface area contributed by atoms with E-state index in [1.54, 1.807) is 29.8 Å². The van der Waals surface area contributed by atoms with E-state index in [-0.39, 0.29) is 11.7 Å². The minimum absolute atomic E-state index is 0.269. The molecule has 2 aromatic heterocycles. The molecule has 0 spiro atoms. The van der Waals surface area contributed by atoms with Crippen molar-refractivity contribution in [2.24, 2.45) is 0 Å². The molecule has 0 aliphatic heterocycles. The van der Waals surface area contributed by atoms with E-state index in [1.807, 2.05) is 42.5 Å². The van der Waals surface area contributed by atoms with E-state index in [2.05, 4.69) is 10.3 Å². The zero-order chi connectivity index (χ0) is 20.2. The van der Waals surface area contributed by atoms with Gasteiger partial charge in [-0.1, -0.05) is 24.3 Å². The number of nitrogens with one attached hydrogen (secondary N) is 1. The van der Waals surface area contributed by atoms with Crippen LogP contribution in [0.1, 0.15) is 16.2 Å². The summed E-state index contributed by atoms with van der Waals surface area (Å²) in [6.45, 7) is 0.451. The largest absolute Gasteiger partial charge is 0.496 e. The number of fused-ring (bicyclic) bond motifs is 1. The van der Waals surface area contributed by atoms with Crippen molar-refractivity contribution in [3.63, 3.8) is 0 Å². The quantitative estimate of drug-likeness (QED) is 0.540. The number of aromatic nitrogens is 2. The Morgan fingerprint density at radius 1 is 1.07 bits per heavy atom. The number of rotatable bonds is 6. The number of halogens is 1. The number of methoxy groups -OCH3 is 1. The molecule has 0 bridgehead atoms. The zero-order valence-corrected chi connectivity index (χ0v) is 15.9. The first-order valence-corrected chi connectivity index (χ1v) is 9.30. The molecule has 0 radical (unpaired) electrons. The lowest BCUT2D eigenvalue weighted by molar-refractivity contribution is 0.0943. The molecule has 0 unspecified atom stereocenters. The lowest BCUT2D eigenvalue weighted by Crippen LogP contribution is -2.27. The third-order valence-electron chi connectivity index (χ3n) is 4.74. The number of hydrogen-bond donors (Lipinski definition) is 1. The molecule has 5 nitrogen and oxygen atoms in total. The Labute approximate surface area is 167 Å². The van der Waals surface area contributed by atoms with Gasteiger partial charge in [0.05, 0.1) is 18.3 Å². The van der Waals surface area contributed by atoms with Crippen molar-refractivity contribution in [2.45, 2.75) is 6.42 Å². The normalized spacial score (nSPS) is 10.8. The number of carbonyl (C=O) groups excluding carboxylic acids is 1. The average molecular weight is 389 g/mol. The Hall–Kier alpha value is -3.67. The van der Waals surface area contributed by atoms with Crippen molar-refractivity contribution in [1.82, 2.24) is 14.7 Å². The maximum absolute atomic E-state index is 13.3. The highest BCUT2D eigenvalue weighted by atomic mass is 19.1. The summed E-state index contributed by atoms with van der Waals surface area (Å²) in [4.78, 5) is 17.4. The maximum Gasteiger partial charge on any atom is 0.287 e. The Kier molecular flexibility index (Phi) is 5.24. The molecule has 1 amide bonds. The minimum atomic E-state index is -0.313. The Morgan fingerprint density at radius 3 is 2.62 bits per heavy atom. The molecule has 29 heavy (non-hydrogen) atoms. The van der Waals surface area contributed by atoms with Crippen LogP contribution in [0.25, 0.3) is 16.8 Å². The van der Waals surface area contributed by atoms with Gasteiger partial charge in [-0.3, -0.25) is 9.20 Å². The average Bonchev–Trinajstić information content (AvgIpc) is 3.14. The Bertz CT molecular complexity index is 1150. The van der Waals surface area contributed by atoms with Crippen LogP contribution in [0.4, 0.5) is 4.39 Å². The Morgan fingerprint density at radius 2 is 1.83 bits per heavy atom. The van der Waals surface area contributed by atoms with Gasteiger partial charge in [0.1, 0.15) is 11.6 Å². The van der Waals surface area contributed by atoms with Crippen LogP contribution in [0.5, 0.6) is 5.75 Å². The Balaban J connectivity index is 1.57. The van der Waals surface area contributed by atoms with Crippen LogP contribution in [0, 0.1) is 5.82 Å². The number of ether oxygens (including phenoxy) is 1. The molecule has 6 heteroatoms. The molecular weight excluding hydrogens is 369 g/mol. The van der Waals surface area contributed by atoms with Gasteiger partial charge in [0.15, 0.2) is 0 Å². The molecular formula is C23H20FN3O2. The van der Waals surface area contributed by atoms with Crippen molar-refractivity contribution in [3.8, 4) is 17.0 Å². The molecule has 0 aliphatic rings. The highest BCUT2D eigenvalue weighted by Crippen LogP contribution is 2.25. The fraction of sp³-hybridized carbons (Fsp3) is 0.130. The molecule has 0 saturated heterocycles. The monoisotopic (exact) mass is 389 g/mol. The van der Waals surface area contributed by atoms with Crippen LogP contribution >= 0.6 is 0 Å². The van der Waals surface area contributed by atoms with Crippen LogP contribution in [0.2, 0.25) is 0 Å². The predicted octanol–water partition coefficient (Wildman–Crippen LogP) is 4.12. The SMILES string of the molecule is COc1ccccc1CCNC(=O)c1nc(-c2ccc(F)cc2)c2ccccn12. The first-order valence-electron chi connectivity index (χ1n) is 9.30. The second kappa shape index (κ2) is 8.14. The smallest absolute Gasteiger partial charge is 0.287 e. The fourth-order valence-electron chi connectivity index (χ4n) is 3.32. The van der Waals surface area contributed by atoms with Crippen molar-refractivity contribution in [3.05, 3.63) is 90.1 Å². The summed E-state index contributed by atoms with van der Waals surface area (Å²) >= 11 is 0. The number of carbonyl (C=O) groups is 1. The lowest BCUT2D eigenvalue weighted by atomic mass is 10.1. The number of nitrogens with zero attached hydrogens (tertiary/aromatic N) is 2. The van der Waals surface area contributed by atoms with Gasteiger partial charge in [-0.05, 0) is 54.4 Å². The third-order valence-corrected chi connectivity index (χ3v) is 4.74. The highest BCUT2D eigenvalue weighted by Gasteiger charge is 2.18. The van der Waals surface area contributed by atoms with Crippen LogP contribution < -0.4 is 10.1 Å². The molecule has 1 N–H and O–H groups in total. The summed E-state index contributed by atoms with van der Waals surface area (Å²) in [5, 5.41) is 2.93. The summed E-state index contributed by atoms with van der Waals surface area (Å²) < 4.78 is 20.4. The number of para-hydroxylation sites is 1. The number of imidazole rings is 1. The topological polar surface area (TPSA) is 55.6 Å². The first-order chi connectivity index (χ1) is 14.2. The van der Waals surface area contributed by atoms with Gasteiger partial charge in [-0.15, -0.1) is 0 Å². The molecule has 2 heterocycles. The molecule has 2 aromatic carbocycles. The highest BCUT2D eigenvalue weighted by molar-refractivity contribution is 5.94. The molecule has 0 saturated carbocycles. The van der Waals surface area contributed by atoms with Crippen LogP contribution in [-0.4, -0.2) is 28.9 Å². The second-order valence-corrected chi connectivity index (χ2v) is 6.56. The summed E-state index contributed by atoms with van der Waals surface area (Å²) in [6, 6.07) is 19.4. The third kappa shape index (κ3) is 3.82. The van der Waals surface area contributed by atoms with Crippen LogP contribution in [-0.2, 0) is 6.42 Å². The van der Waals surface area contributed by atoms with Gasteiger partial charge in [0.25, 0.3) is 5.91 Å². The molecule has 0 atom stereocenters. The van der Waals surface area contributed by atoms with E-state index in [4.69, 9.17) is 4.74 Å². The van der Waals surface area contributed by atoms with E-state index in [0.29, 0.717) is 24.5 Å². The standard InChI is InChI=1S/C23H20FN3O2/c1-29-20-8-3-2-6-16(20)13-14-25-23(28)22-26-21(17-9-11-18(24)12-10-17)19-7-4-5-15-27(19)22/h2-12,15H,13-14H2,1H3,(H,25,28). The van der Waals surface area contributed by atoms with Crippen LogP contribution in [0.3, 0.4) is 0 Å².